The first-order valence-electron chi connectivity index (χ1n) is 6.23. The van der Waals surface area contributed by atoms with E-state index in [2.05, 4.69) is 29.8 Å². The standard InChI is InChI=1S/C14H20N2O/c1-2-3-9-17-10-8-16-7-6-12-11-13(15)4-5-14(12)16/h4-7,11H,2-3,8-10,15H2,1H3. The highest BCUT2D eigenvalue weighted by molar-refractivity contribution is 5.83. The van der Waals surface area contributed by atoms with E-state index in [1.54, 1.807) is 0 Å². The highest BCUT2D eigenvalue weighted by Gasteiger charge is 2.00. The van der Waals surface area contributed by atoms with Gasteiger partial charge in [-0.05, 0) is 30.7 Å². The lowest BCUT2D eigenvalue weighted by Crippen LogP contribution is -2.05. The predicted molar refractivity (Wildman–Crippen MR) is 72.1 cm³/mol. The molecule has 0 fully saturated rings. The van der Waals surface area contributed by atoms with E-state index in [0.29, 0.717) is 0 Å². The van der Waals surface area contributed by atoms with Crippen molar-refractivity contribution in [1.82, 2.24) is 4.57 Å². The molecule has 3 nitrogen and oxygen atoms in total. The molecule has 0 saturated carbocycles. The zero-order chi connectivity index (χ0) is 12.1. The molecule has 0 aliphatic carbocycles. The van der Waals surface area contributed by atoms with E-state index in [0.717, 1.165) is 31.9 Å². The van der Waals surface area contributed by atoms with Crippen molar-refractivity contribution < 1.29 is 4.74 Å². The first kappa shape index (κ1) is 12.0. The summed E-state index contributed by atoms with van der Waals surface area (Å²) >= 11 is 0. The molecule has 0 atom stereocenters. The van der Waals surface area contributed by atoms with E-state index in [4.69, 9.17) is 10.5 Å². The summed E-state index contributed by atoms with van der Waals surface area (Å²) in [6.07, 6.45) is 4.42. The van der Waals surface area contributed by atoms with Gasteiger partial charge in [0.25, 0.3) is 0 Å². The Hall–Kier alpha value is -1.48. The number of aromatic nitrogens is 1. The van der Waals surface area contributed by atoms with Gasteiger partial charge in [-0.1, -0.05) is 13.3 Å². The second-order valence-corrected chi connectivity index (χ2v) is 4.29. The van der Waals surface area contributed by atoms with Gasteiger partial charge in [-0.15, -0.1) is 0 Å². The van der Waals surface area contributed by atoms with Crippen LogP contribution >= 0.6 is 0 Å². The van der Waals surface area contributed by atoms with Gasteiger partial charge in [-0.2, -0.15) is 0 Å². The number of fused-ring (bicyclic) bond motifs is 1. The van der Waals surface area contributed by atoms with Crippen molar-refractivity contribution in [2.45, 2.75) is 26.3 Å². The van der Waals surface area contributed by atoms with Crippen molar-refractivity contribution in [2.24, 2.45) is 0 Å². The zero-order valence-electron chi connectivity index (χ0n) is 10.4. The molecule has 1 heterocycles. The quantitative estimate of drug-likeness (QED) is 0.614. The van der Waals surface area contributed by atoms with Gasteiger partial charge in [-0.3, -0.25) is 0 Å². The van der Waals surface area contributed by atoms with Crippen molar-refractivity contribution in [3.05, 3.63) is 30.5 Å². The maximum absolute atomic E-state index is 5.75. The molecule has 0 unspecified atom stereocenters. The molecular weight excluding hydrogens is 212 g/mol. The zero-order valence-corrected chi connectivity index (χ0v) is 10.4. The number of unbranched alkanes of at least 4 members (excludes halogenated alkanes) is 1. The monoisotopic (exact) mass is 232 g/mol. The smallest absolute Gasteiger partial charge is 0.0645 e. The Bertz CT molecular complexity index is 476. The number of nitrogens with two attached hydrogens (primary N) is 1. The maximum atomic E-state index is 5.75. The summed E-state index contributed by atoms with van der Waals surface area (Å²) < 4.78 is 7.78. The number of nitrogen functional groups attached to an aromatic ring is 1. The SMILES string of the molecule is CCCCOCCn1ccc2cc(N)ccc21. The minimum atomic E-state index is 0.772. The van der Waals surface area contributed by atoms with E-state index < -0.39 is 0 Å². The number of rotatable bonds is 6. The van der Waals surface area contributed by atoms with E-state index >= 15 is 0 Å². The van der Waals surface area contributed by atoms with Crippen LogP contribution in [0.5, 0.6) is 0 Å². The van der Waals surface area contributed by atoms with E-state index in [-0.39, 0.29) is 0 Å². The van der Waals surface area contributed by atoms with Crippen molar-refractivity contribution in [1.29, 1.82) is 0 Å². The molecule has 0 spiro atoms. The Morgan fingerprint density at radius 1 is 1.24 bits per heavy atom. The molecule has 0 aliphatic heterocycles. The molecule has 2 rings (SSSR count). The third-order valence-electron chi connectivity index (χ3n) is 2.91. The number of anilines is 1. The van der Waals surface area contributed by atoms with Crippen molar-refractivity contribution in [3.8, 4) is 0 Å². The van der Waals surface area contributed by atoms with E-state index in [9.17, 15) is 0 Å². The normalized spacial score (nSPS) is 11.1. The van der Waals surface area contributed by atoms with Gasteiger partial charge < -0.3 is 15.0 Å². The summed E-state index contributed by atoms with van der Waals surface area (Å²) in [7, 11) is 0. The third kappa shape index (κ3) is 3.01. The van der Waals surface area contributed by atoms with E-state index in [1.165, 1.54) is 17.3 Å². The average molecular weight is 232 g/mol. The fourth-order valence-corrected chi connectivity index (χ4v) is 1.92. The Labute approximate surface area is 102 Å². The van der Waals surface area contributed by atoms with Gasteiger partial charge in [0, 0.05) is 35.9 Å². The van der Waals surface area contributed by atoms with Crippen LogP contribution in [0.3, 0.4) is 0 Å². The molecule has 0 aliphatic rings. The highest BCUT2D eigenvalue weighted by Crippen LogP contribution is 2.18. The van der Waals surface area contributed by atoms with Crippen LogP contribution in [-0.2, 0) is 11.3 Å². The summed E-state index contributed by atoms with van der Waals surface area (Å²) in [5.74, 6) is 0. The Morgan fingerprint density at radius 3 is 2.94 bits per heavy atom. The largest absolute Gasteiger partial charge is 0.399 e. The van der Waals surface area contributed by atoms with E-state index in [1.807, 2.05) is 12.1 Å². The fourth-order valence-electron chi connectivity index (χ4n) is 1.92. The Balaban J connectivity index is 1.95. The van der Waals surface area contributed by atoms with Gasteiger partial charge in [-0.25, -0.2) is 0 Å². The molecular formula is C14H20N2O. The molecule has 0 radical (unpaired) electrons. The first-order valence-corrected chi connectivity index (χ1v) is 6.23. The van der Waals surface area contributed by atoms with Crippen LogP contribution in [0.15, 0.2) is 30.5 Å². The maximum Gasteiger partial charge on any atom is 0.0645 e. The predicted octanol–water partition coefficient (Wildman–Crippen LogP) is 3.04. The molecule has 0 amide bonds. The van der Waals surface area contributed by atoms with Gasteiger partial charge in [0.15, 0.2) is 0 Å². The molecule has 3 heteroatoms. The summed E-state index contributed by atoms with van der Waals surface area (Å²) in [5, 5.41) is 1.19. The average Bonchev–Trinajstić information content (AvgIpc) is 2.71. The van der Waals surface area contributed by atoms with Gasteiger partial charge >= 0.3 is 0 Å². The molecule has 92 valence electrons. The second-order valence-electron chi connectivity index (χ2n) is 4.29. The highest BCUT2D eigenvalue weighted by atomic mass is 16.5. The lowest BCUT2D eigenvalue weighted by Gasteiger charge is -2.06. The van der Waals surface area contributed by atoms with Crippen molar-refractivity contribution >= 4 is 16.6 Å². The minimum Gasteiger partial charge on any atom is -0.399 e. The van der Waals surface area contributed by atoms with Crippen LogP contribution < -0.4 is 5.73 Å². The molecule has 0 bridgehead atoms. The summed E-state index contributed by atoms with van der Waals surface area (Å²) in [4.78, 5) is 0. The van der Waals surface area contributed by atoms with Crippen LogP contribution in [0.1, 0.15) is 19.8 Å². The number of ether oxygens (including phenoxy) is 1. The number of benzene rings is 1. The van der Waals surface area contributed by atoms with Gasteiger partial charge in [0.05, 0.1) is 6.61 Å². The topological polar surface area (TPSA) is 40.2 Å². The minimum absolute atomic E-state index is 0.772. The Morgan fingerprint density at radius 2 is 2.12 bits per heavy atom. The summed E-state index contributed by atoms with van der Waals surface area (Å²) in [6.45, 7) is 4.71. The van der Waals surface area contributed by atoms with Gasteiger partial charge in [0.2, 0.25) is 0 Å². The molecule has 1 aromatic carbocycles. The lowest BCUT2D eigenvalue weighted by atomic mass is 10.2. The first-order chi connectivity index (χ1) is 8.31. The van der Waals surface area contributed by atoms with Gasteiger partial charge in [0.1, 0.15) is 0 Å². The molecule has 2 N–H and O–H groups in total. The summed E-state index contributed by atoms with van der Waals surface area (Å²) in [6, 6.07) is 8.11. The Kier molecular flexibility index (Phi) is 4.04. The number of hydrogen-bond acceptors (Lipinski definition) is 2. The van der Waals surface area contributed by atoms with Crippen molar-refractivity contribution in [2.75, 3.05) is 18.9 Å². The van der Waals surface area contributed by atoms with Crippen LogP contribution in [-0.4, -0.2) is 17.8 Å². The third-order valence-corrected chi connectivity index (χ3v) is 2.91. The van der Waals surface area contributed by atoms with Crippen LogP contribution in [0.4, 0.5) is 5.69 Å². The molecule has 0 saturated heterocycles. The van der Waals surface area contributed by atoms with Crippen LogP contribution in [0, 0.1) is 0 Å². The fraction of sp³-hybridized carbons (Fsp3) is 0.429. The van der Waals surface area contributed by atoms with Crippen LogP contribution in [0.25, 0.3) is 10.9 Å². The number of hydrogen-bond donors (Lipinski definition) is 1. The number of nitrogens with zero attached hydrogens (tertiary/aromatic N) is 1. The molecule has 2 aromatic rings. The molecule has 1 aromatic heterocycles. The van der Waals surface area contributed by atoms with Crippen molar-refractivity contribution in [3.63, 3.8) is 0 Å². The van der Waals surface area contributed by atoms with Crippen LogP contribution in [0.2, 0.25) is 0 Å². The molecule has 17 heavy (non-hydrogen) atoms. The summed E-state index contributed by atoms with van der Waals surface area (Å²) in [5.41, 5.74) is 7.79. The second kappa shape index (κ2) is 5.73. The lowest BCUT2D eigenvalue weighted by molar-refractivity contribution is 0.124.